The number of nitrogens with two attached hydrogens (primary N) is 1. The fourth-order valence-electron chi connectivity index (χ4n) is 3.37. The van der Waals surface area contributed by atoms with Gasteiger partial charge in [0.05, 0.1) is 12.8 Å². The Hall–Kier alpha value is -3.14. The van der Waals surface area contributed by atoms with Gasteiger partial charge in [0, 0.05) is 11.0 Å². The number of carbonyl (C=O) groups is 2. The Morgan fingerprint density at radius 2 is 1.25 bits per heavy atom. The van der Waals surface area contributed by atoms with E-state index in [1.807, 2.05) is 60.7 Å². The van der Waals surface area contributed by atoms with E-state index in [2.05, 4.69) is 0 Å². The molecular weight excluding hydrogens is 300 g/mol. The van der Waals surface area contributed by atoms with Gasteiger partial charge in [0.2, 0.25) is 11.8 Å². The molecule has 0 aliphatic carbocycles. The lowest BCUT2D eigenvalue weighted by molar-refractivity contribution is -0.117. The second-order valence-corrected chi connectivity index (χ2v) is 5.99. The van der Waals surface area contributed by atoms with Crippen molar-refractivity contribution in [1.82, 2.24) is 4.57 Å². The summed E-state index contributed by atoms with van der Waals surface area (Å²) in [5.74, 6) is -0.314. The standard InChI is InChI=1S/C20H16N2O2/c21-19(23)11-13-3-1-6-18-14(4-2-5-17(13)18)12-20(24)22-15-7-8-16(22)10-9-15/h1-10H,11-12H2,(H2,21,23). The largest absolute Gasteiger partial charge is 0.369 e. The molecule has 0 unspecified atom stereocenters. The number of hydrogen-bond acceptors (Lipinski definition) is 2. The molecule has 4 heteroatoms. The molecule has 0 saturated heterocycles. The van der Waals surface area contributed by atoms with Gasteiger partial charge in [0.1, 0.15) is 0 Å². The number of amides is 1. The number of nitrogens with zero attached hydrogens (tertiary/aromatic N) is 1. The summed E-state index contributed by atoms with van der Waals surface area (Å²) in [7, 11) is 0. The summed E-state index contributed by atoms with van der Waals surface area (Å²) >= 11 is 0. The Kier molecular flexibility index (Phi) is 3.31. The number of hydrogen-bond donors (Lipinski definition) is 1. The van der Waals surface area contributed by atoms with Crippen LogP contribution in [0, 0.1) is 0 Å². The van der Waals surface area contributed by atoms with Gasteiger partial charge in [-0.1, -0.05) is 36.4 Å². The highest BCUT2D eigenvalue weighted by molar-refractivity contribution is 5.97. The zero-order chi connectivity index (χ0) is 16.7. The van der Waals surface area contributed by atoms with Crippen molar-refractivity contribution >= 4 is 33.6 Å². The molecule has 24 heavy (non-hydrogen) atoms. The molecular formula is C20H16N2O2. The Morgan fingerprint density at radius 1 is 0.750 bits per heavy atom. The quantitative estimate of drug-likeness (QED) is 0.628. The summed E-state index contributed by atoms with van der Waals surface area (Å²) in [5, 5.41) is 1.97. The van der Waals surface area contributed by atoms with Gasteiger partial charge in [0.25, 0.3) is 0 Å². The molecule has 2 bridgehead atoms. The van der Waals surface area contributed by atoms with Gasteiger partial charge in [-0.2, -0.15) is 0 Å². The Balaban J connectivity index is 1.74. The van der Waals surface area contributed by atoms with Crippen LogP contribution in [0.2, 0.25) is 0 Å². The third-order valence-corrected chi connectivity index (χ3v) is 4.42. The van der Waals surface area contributed by atoms with Gasteiger partial charge >= 0.3 is 0 Å². The van der Waals surface area contributed by atoms with E-state index in [9.17, 15) is 9.59 Å². The number of aromatic nitrogens is 1. The minimum atomic E-state index is -0.359. The SMILES string of the molecule is NC(=O)Cc1cccc2c(CC(=O)n3c4ccc3cc4)cccc12. The van der Waals surface area contributed by atoms with E-state index in [-0.39, 0.29) is 18.2 Å². The van der Waals surface area contributed by atoms with Gasteiger partial charge in [0.15, 0.2) is 0 Å². The van der Waals surface area contributed by atoms with E-state index in [4.69, 9.17) is 5.73 Å². The molecule has 0 aliphatic heterocycles. The maximum absolute atomic E-state index is 12.7. The molecule has 118 valence electrons. The zero-order valence-corrected chi connectivity index (χ0v) is 13.0. The predicted octanol–water partition coefficient (Wildman–Crippen LogP) is 3.14. The van der Waals surface area contributed by atoms with Gasteiger partial charge in [-0.25, -0.2) is 0 Å². The summed E-state index contributed by atoms with van der Waals surface area (Å²) in [6.45, 7) is 0. The number of rotatable bonds is 4. The number of carbonyl (C=O) groups excluding carboxylic acids is 2. The molecule has 4 aromatic rings. The van der Waals surface area contributed by atoms with Crippen molar-refractivity contribution in [2.75, 3.05) is 0 Å². The van der Waals surface area contributed by atoms with Crippen LogP contribution in [0.4, 0.5) is 0 Å². The molecule has 0 radical (unpaired) electrons. The van der Waals surface area contributed by atoms with Crippen LogP contribution in [0.3, 0.4) is 0 Å². The minimum Gasteiger partial charge on any atom is -0.369 e. The lowest BCUT2D eigenvalue weighted by Gasteiger charge is -2.10. The van der Waals surface area contributed by atoms with E-state index in [1.165, 1.54) is 0 Å². The number of primary amides is 1. The molecule has 0 spiro atoms. The first-order chi connectivity index (χ1) is 11.6. The Morgan fingerprint density at radius 3 is 1.75 bits per heavy atom. The first-order valence-electron chi connectivity index (χ1n) is 7.84. The molecule has 0 fully saturated rings. The van der Waals surface area contributed by atoms with Crippen molar-refractivity contribution in [2.45, 2.75) is 12.8 Å². The summed E-state index contributed by atoms with van der Waals surface area (Å²) in [5.41, 5.74) is 9.02. The van der Waals surface area contributed by atoms with Crippen LogP contribution < -0.4 is 5.73 Å². The molecule has 1 amide bonds. The highest BCUT2D eigenvalue weighted by atomic mass is 16.2. The molecule has 0 saturated carbocycles. The normalized spacial score (nSPS) is 11.3. The van der Waals surface area contributed by atoms with Crippen LogP contribution in [0.1, 0.15) is 15.9 Å². The molecule has 2 aromatic heterocycles. The topological polar surface area (TPSA) is 65.1 Å². The van der Waals surface area contributed by atoms with Gasteiger partial charge in [-0.15, -0.1) is 0 Å². The van der Waals surface area contributed by atoms with Gasteiger partial charge in [-0.05, 0) is 46.2 Å². The summed E-state index contributed by atoms with van der Waals surface area (Å²) in [6.07, 6.45) is 0.512. The van der Waals surface area contributed by atoms with Crippen molar-refractivity contribution in [2.24, 2.45) is 5.73 Å². The highest BCUT2D eigenvalue weighted by Gasteiger charge is 2.14. The average Bonchev–Trinajstić information content (AvgIpc) is 3.15. The second-order valence-electron chi connectivity index (χ2n) is 5.99. The maximum Gasteiger partial charge on any atom is 0.235 e. The Labute approximate surface area is 138 Å². The van der Waals surface area contributed by atoms with E-state index in [0.29, 0.717) is 6.42 Å². The average molecular weight is 316 g/mol. The summed E-state index contributed by atoms with van der Waals surface area (Å²) in [6, 6.07) is 19.4. The number of benzene rings is 3. The van der Waals surface area contributed by atoms with Crippen LogP contribution in [0.25, 0.3) is 21.8 Å². The van der Waals surface area contributed by atoms with E-state index >= 15 is 0 Å². The van der Waals surface area contributed by atoms with Crippen molar-refractivity contribution in [3.05, 3.63) is 71.8 Å². The van der Waals surface area contributed by atoms with Crippen molar-refractivity contribution in [1.29, 1.82) is 0 Å². The third kappa shape index (κ3) is 2.33. The molecule has 0 atom stereocenters. The second kappa shape index (κ2) is 5.49. The van der Waals surface area contributed by atoms with E-state index < -0.39 is 0 Å². The van der Waals surface area contributed by atoms with Crippen molar-refractivity contribution in [3.8, 4) is 0 Å². The molecule has 2 heterocycles. The molecule has 4 nitrogen and oxygen atoms in total. The zero-order valence-electron chi connectivity index (χ0n) is 13.0. The van der Waals surface area contributed by atoms with Crippen LogP contribution in [-0.4, -0.2) is 16.4 Å². The molecule has 0 aliphatic rings. The summed E-state index contributed by atoms with van der Waals surface area (Å²) in [4.78, 5) is 24.0. The fraction of sp³-hybridized carbons (Fsp3) is 0.100. The summed E-state index contributed by atoms with van der Waals surface area (Å²) < 4.78 is 1.74. The first kappa shape index (κ1) is 14.5. The lowest BCUT2D eigenvalue weighted by Crippen LogP contribution is -2.14. The van der Waals surface area contributed by atoms with Crippen LogP contribution in [0.5, 0.6) is 0 Å². The van der Waals surface area contributed by atoms with Crippen molar-refractivity contribution in [3.63, 3.8) is 0 Å². The van der Waals surface area contributed by atoms with Gasteiger partial charge in [-0.3, -0.25) is 14.2 Å². The van der Waals surface area contributed by atoms with Crippen LogP contribution in [-0.2, 0) is 17.6 Å². The fourth-order valence-corrected chi connectivity index (χ4v) is 3.37. The van der Waals surface area contributed by atoms with Crippen molar-refractivity contribution < 1.29 is 9.59 Å². The first-order valence-corrected chi connectivity index (χ1v) is 7.84. The van der Waals surface area contributed by atoms with E-state index in [1.54, 1.807) is 4.57 Å². The Bertz CT molecular complexity index is 1010. The highest BCUT2D eigenvalue weighted by Crippen LogP contribution is 2.25. The minimum absolute atomic E-state index is 0.0443. The smallest absolute Gasteiger partial charge is 0.235 e. The van der Waals surface area contributed by atoms with E-state index in [0.717, 1.165) is 32.9 Å². The van der Waals surface area contributed by atoms with Gasteiger partial charge < -0.3 is 5.73 Å². The lowest BCUT2D eigenvalue weighted by atomic mass is 9.96. The third-order valence-electron chi connectivity index (χ3n) is 4.42. The molecule has 2 N–H and O–H groups in total. The molecule has 2 aromatic carbocycles. The maximum atomic E-state index is 12.7. The van der Waals surface area contributed by atoms with Crippen LogP contribution >= 0.6 is 0 Å². The van der Waals surface area contributed by atoms with Crippen LogP contribution in [0.15, 0.2) is 60.7 Å². The monoisotopic (exact) mass is 316 g/mol. The predicted molar refractivity (Wildman–Crippen MR) is 94.3 cm³/mol. The number of fused-ring (bicyclic) bond motifs is 3. The molecule has 4 rings (SSSR count).